The highest BCUT2D eigenvalue weighted by Gasteiger charge is 2.34. The molecule has 1 unspecified atom stereocenters. The van der Waals surface area contributed by atoms with E-state index in [1.54, 1.807) is 0 Å². The number of methoxy groups -OCH3 is 1. The maximum atomic E-state index is 11.4. The Kier molecular flexibility index (Phi) is 2.92. The van der Waals surface area contributed by atoms with Crippen molar-refractivity contribution >= 4 is 16.0 Å². The van der Waals surface area contributed by atoms with Crippen molar-refractivity contribution in [3.05, 3.63) is 0 Å². The lowest BCUT2D eigenvalue weighted by Crippen LogP contribution is -2.39. The van der Waals surface area contributed by atoms with Crippen molar-refractivity contribution in [3.8, 4) is 0 Å². The molecule has 0 saturated heterocycles. The van der Waals surface area contributed by atoms with Crippen LogP contribution in [0.1, 0.15) is 19.8 Å². The number of ether oxygens (including phenoxy) is 1. The van der Waals surface area contributed by atoms with E-state index >= 15 is 0 Å². The quantitative estimate of drug-likeness (QED) is 0.638. The maximum Gasteiger partial charge on any atom is 0.325 e. The number of nitrogens with one attached hydrogen (secondary N) is 1. The van der Waals surface area contributed by atoms with Gasteiger partial charge in [0.25, 0.3) is 0 Å². The normalized spacial score (nSPS) is 19.5. The molecule has 76 valence electrons. The zero-order valence-corrected chi connectivity index (χ0v) is 8.43. The molecule has 1 rings (SSSR count). The Hall–Kier alpha value is -0.620. The van der Waals surface area contributed by atoms with Crippen LogP contribution in [-0.4, -0.2) is 32.8 Å². The fourth-order valence-corrected chi connectivity index (χ4v) is 2.08. The molecular weight excluding hydrogens is 194 g/mol. The summed E-state index contributed by atoms with van der Waals surface area (Å²) in [7, 11) is -2.36. The van der Waals surface area contributed by atoms with Crippen molar-refractivity contribution in [3.63, 3.8) is 0 Å². The van der Waals surface area contributed by atoms with E-state index < -0.39 is 21.2 Å². The highest BCUT2D eigenvalue weighted by molar-refractivity contribution is 7.90. The second-order valence-electron chi connectivity index (χ2n) is 3.10. The van der Waals surface area contributed by atoms with Crippen LogP contribution in [-0.2, 0) is 19.6 Å². The van der Waals surface area contributed by atoms with E-state index in [0.717, 1.165) is 12.8 Å². The Balaban J connectivity index is 2.61. The maximum absolute atomic E-state index is 11.4. The van der Waals surface area contributed by atoms with Crippen molar-refractivity contribution in [2.24, 2.45) is 0 Å². The Bertz CT molecular complexity index is 294. The molecule has 1 atom stereocenters. The summed E-state index contributed by atoms with van der Waals surface area (Å²) in [4.78, 5) is 10.9. The summed E-state index contributed by atoms with van der Waals surface area (Å²) in [5.41, 5.74) is 0. The molecular formula is C7H13NO4S. The molecule has 0 radical (unpaired) electrons. The molecule has 6 heteroatoms. The predicted octanol–water partition coefficient (Wildman–Crippen LogP) is -0.370. The second-order valence-corrected chi connectivity index (χ2v) is 5.14. The van der Waals surface area contributed by atoms with Crippen LogP contribution in [0.25, 0.3) is 0 Å². The molecule has 0 aromatic heterocycles. The van der Waals surface area contributed by atoms with E-state index in [2.05, 4.69) is 9.46 Å². The zero-order chi connectivity index (χ0) is 10.1. The van der Waals surface area contributed by atoms with E-state index in [0.29, 0.717) is 0 Å². The summed E-state index contributed by atoms with van der Waals surface area (Å²) in [6.45, 7) is 1.32. The number of rotatable bonds is 4. The third-order valence-corrected chi connectivity index (χ3v) is 3.69. The summed E-state index contributed by atoms with van der Waals surface area (Å²) < 4.78 is 29.5. The summed E-state index contributed by atoms with van der Waals surface area (Å²) in [6.07, 6.45) is 1.71. The average Bonchev–Trinajstić information content (AvgIpc) is 2.84. The van der Waals surface area contributed by atoms with Gasteiger partial charge in [0.2, 0.25) is 10.0 Å². The van der Waals surface area contributed by atoms with E-state index in [4.69, 9.17) is 0 Å². The minimum absolute atomic E-state index is 0.0251. The van der Waals surface area contributed by atoms with E-state index in [1.807, 2.05) is 0 Å². The van der Waals surface area contributed by atoms with Gasteiger partial charge in [0.1, 0.15) is 0 Å². The highest BCUT2D eigenvalue weighted by Crippen LogP contribution is 2.20. The number of hydrogen-bond donors (Lipinski definition) is 1. The molecule has 1 saturated carbocycles. The van der Waals surface area contributed by atoms with Gasteiger partial charge in [-0.1, -0.05) is 0 Å². The van der Waals surface area contributed by atoms with Crippen LogP contribution in [0.3, 0.4) is 0 Å². The Morgan fingerprint density at radius 2 is 2.08 bits per heavy atom. The van der Waals surface area contributed by atoms with Crippen LogP contribution >= 0.6 is 0 Å². The monoisotopic (exact) mass is 207 g/mol. The van der Waals surface area contributed by atoms with Crippen molar-refractivity contribution in [1.82, 2.24) is 4.72 Å². The SMILES string of the molecule is COC(=O)C(C)S(=O)(=O)NC1CC1. The Morgan fingerprint density at radius 3 is 2.46 bits per heavy atom. The van der Waals surface area contributed by atoms with Gasteiger partial charge < -0.3 is 4.74 Å². The topological polar surface area (TPSA) is 72.5 Å². The number of esters is 1. The summed E-state index contributed by atoms with van der Waals surface area (Å²) in [6, 6.07) is 0.0251. The highest BCUT2D eigenvalue weighted by atomic mass is 32.2. The smallest absolute Gasteiger partial charge is 0.325 e. The molecule has 0 aliphatic heterocycles. The Morgan fingerprint density at radius 1 is 1.54 bits per heavy atom. The van der Waals surface area contributed by atoms with Gasteiger partial charge in [-0.25, -0.2) is 13.1 Å². The van der Waals surface area contributed by atoms with Crippen LogP contribution in [0.15, 0.2) is 0 Å². The molecule has 0 bridgehead atoms. The molecule has 1 fully saturated rings. The van der Waals surface area contributed by atoms with E-state index in [1.165, 1.54) is 14.0 Å². The lowest BCUT2D eigenvalue weighted by atomic mass is 10.5. The number of sulfonamides is 1. The first-order valence-electron chi connectivity index (χ1n) is 4.06. The molecule has 1 aliphatic rings. The first kappa shape index (κ1) is 10.5. The molecule has 1 aliphatic carbocycles. The van der Waals surface area contributed by atoms with Gasteiger partial charge in [-0.05, 0) is 19.8 Å². The van der Waals surface area contributed by atoms with Crippen LogP contribution in [0.2, 0.25) is 0 Å². The molecule has 0 aromatic carbocycles. The minimum Gasteiger partial charge on any atom is -0.468 e. The van der Waals surface area contributed by atoms with Crippen LogP contribution in [0.5, 0.6) is 0 Å². The molecule has 0 spiro atoms. The zero-order valence-electron chi connectivity index (χ0n) is 7.61. The van der Waals surface area contributed by atoms with E-state index in [9.17, 15) is 13.2 Å². The van der Waals surface area contributed by atoms with Crippen molar-refractivity contribution in [1.29, 1.82) is 0 Å². The molecule has 0 amide bonds. The van der Waals surface area contributed by atoms with Gasteiger partial charge in [0.05, 0.1) is 7.11 Å². The van der Waals surface area contributed by atoms with Gasteiger partial charge in [-0.3, -0.25) is 4.79 Å². The number of carbonyl (C=O) groups is 1. The van der Waals surface area contributed by atoms with Gasteiger partial charge in [0, 0.05) is 6.04 Å². The van der Waals surface area contributed by atoms with Gasteiger partial charge in [-0.2, -0.15) is 0 Å². The third kappa shape index (κ3) is 2.67. The average molecular weight is 207 g/mol. The van der Waals surface area contributed by atoms with Crippen molar-refractivity contribution in [2.45, 2.75) is 31.1 Å². The Labute approximate surface area is 77.5 Å². The number of carbonyl (C=O) groups excluding carboxylic acids is 1. The minimum atomic E-state index is -3.53. The van der Waals surface area contributed by atoms with Crippen molar-refractivity contribution < 1.29 is 17.9 Å². The number of hydrogen-bond acceptors (Lipinski definition) is 4. The van der Waals surface area contributed by atoms with Crippen LogP contribution in [0.4, 0.5) is 0 Å². The fraction of sp³-hybridized carbons (Fsp3) is 0.857. The second kappa shape index (κ2) is 3.63. The van der Waals surface area contributed by atoms with Crippen LogP contribution in [0, 0.1) is 0 Å². The molecule has 13 heavy (non-hydrogen) atoms. The summed E-state index contributed by atoms with van der Waals surface area (Å²) >= 11 is 0. The van der Waals surface area contributed by atoms with Gasteiger partial charge in [0.15, 0.2) is 5.25 Å². The largest absolute Gasteiger partial charge is 0.468 e. The predicted molar refractivity (Wildman–Crippen MR) is 46.6 cm³/mol. The lowest BCUT2D eigenvalue weighted by molar-refractivity contribution is -0.139. The van der Waals surface area contributed by atoms with E-state index in [-0.39, 0.29) is 6.04 Å². The first-order chi connectivity index (χ1) is 5.97. The molecule has 0 aromatic rings. The van der Waals surface area contributed by atoms with Crippen LogP contribution < -0.4 is 4.72 Å². The lowest BCUT2D eigenvalue weighted by Gasteiger charge is -2.10. The third-order valence-electron chi connectivity index (χ3n) is 1.91. The fourth-order valence-electron chi connectivity index (χ4n) is 0.828. The van der Waals surface area contributed by atoms with Gasteiger partial charge in [-0.15, -0.1) is 0 Å². The standard InChI is InChI=1S/C7H13NO4S/c1-5(7(9)12-2)13(10,11)8-6-3-4-6/h5-6,8H,3-4H2,1-2H3. The molecule has 5 nitrogen and oxygen atoms in total. The summed E-state index contributed by atoms with van der Waals surface area (Å²) in [5, 5.41) is -1.13. The molecule has 0 heterocycles. The van der Waals surface area contributed by atoms with Gasteiger partial charge >= 0.3 is 5.97 Å². The first-order valence-corrected chi connectivity index (χ1v) is 5.61. The molecule has 1 N–H and O–H groups in total. The van der Waals surface area contributed by atoms with Crippen molar-refractivity contribution in [2.75, 3.05) is 7.11 Å². The summed E-state index contributed by atoms with van der Waals surface area (Å²) in [5.74, 6) is -0.729.